The molecule has 0 aliphatic rings. The second-order valence-corrected chi connectivity index (χ2v) is 5.08. The normalized spacial score (nSPS) is 10.1. The molecule has 1 heterocycles. The van der Waals surface area contributed by atoms with Gasteiger partial charge < -0.3 is 14.8 Å². The molecule has 1 N–H and O–H groups in total. The van der Waals surface area contributed by atoms with Crippen LogP contribution in [-0.2, 0) is 11.2 Å². The first-order chi connectivity index (χ1) is 9.72. The fourth-order valence-electron chi connectivity index (χ4n) is 1.69. The molecule has 106 valence electrons. The van der Waals surface area contributed by atoms with Gasteiger partial charge in [0.25, 0.3) is 0 Å². The minimum absolute atomic E-state index is 0.358. The highest BCUT2D eigenvalue weighted by molar-refractivity contribution is 7.17. The van der Waals surface area contributed by atoms with Crippen molar-refractivity contribution in [1.29, 1.82) is 0 Å². The Hall–Kier alpha value is -2.08. The molecular weight excluding hydrogens is 276 g/mol. The van der Waals surface area contributed by atoms with Gasteiger partial charge in [-0.25, -0.2) is 9.78 Å². The third-order valence-corrected chi connectivity index (χ3v) is 3.65. The van der Waals surface area contributed by atoms with E-state index in [0.29, 0.717) is 10.0 Å². The Kier molecular flexibility index (Phi) is 4.95. The summed E-state index contributed by atoms with van der Waals surface area (Å²) in [5, 5.41) is 3.90. The van der Waals surface area contributed by atoms with Crippen molar-refractivity contribution in [3.8, 4) is 5.75 Å². The van der Waals surface area contributed by atoms with E-state index in [2.05, 4.69) is 15.0 Å². The van der Waals surface area contributed by atoms with Gasteiger partial charge in [-0.2, -0.15) is 0 Å². The molecule has 20 heavy (non-hydrogen) atoms. The van der Waals surface area contributed by atoms with Crippen LogP contribution >= 0.6 is 11.3 Å². The van der Waals surface area contributed by atoms with Gasteiger partial charge in [-0.1, -0.05) is 23.5 Å². The Labute approximate surface area is 121 Å². The molecule has 0 saturated heterocycles. The van der Waals surface area contributed by atoms with Gasteiger partial charge in [-0.15, -0.1) is 0 Å². The standard InChI is InChI=1S/C14H16N2O3S/c1-18-11-5-3-4-10(8-11)6-7-15-14-16-9-12(20-14)13(17)19-2/h3-5,8-9H,6-7H2,1-2H3,(H,15,16). The smallest absolute Gasteiger partial charge is 0.349 e. The lowest BCUT2D eigenvalue weighted by Gasteiger charge is -2.05. The molecule has 0 bridgehead atoms. The maximum absolute atomic E-state index is 11.3. The first-order valence-electron chi connectivity index (χ1n) is 6.14. The Morgan fingerprint density at radius 2 is 2.25 bits per heavy atom. The second kappa shape index (κ2) is 6.91. The number of carbonyl (C=O) groups excluding carboxylic acids is 1. The average molecular weight is 292 g/mol. The highest BCUT2D eigenvalue weighted by Crippen LogP contribution is 2.19. The van der Waals surface area contributed by atoms with Gasteiger partial charge in [-0.05, 0) is 24.1 Å². The van der Waals surface area contributed by atoms with Gasteiger partial charge in [0.2, 0.25) is 0 Å². The molecule has 6 heteroatoms. The zero-order valence-electron chi connectivity index (χ0n) is 11.4. The largest absolute Gasteiger partial charge is 0.497 e. The molecule has 0 unspecified atom stereocenters. The Morgan fingerprint density at radius 1 is 1.40 bits per heavy atom. The predicted octanol–water partition coefficient (Wildman–Crippen LogP) is 2.59. The minimum Gasteiger partial charge on any atom is -0.497 e. The summed E-state index contributed by atoms with van der Waals surface area (Å²) in [5.74, 6) is 0.494. The van der Waals surface area contributed by atoms with Gasteiger partial charge in [-0.3, -0.25) is 0 Å². The molecule has 2 rings (SSSR count). The van der Waals surface area contributed by atoms with Crippen LogP contribution in [0.15, 0.2) is 30.5 Å². The van der Waals surface area contributed by atoms with Crippen LogP contribution in [0.25, 0.3) is 0 Å². The van der Waals surface area contributed by atoms with Crippen molar-refractivity contribution in [2.45, 2.75) is 6.42 Å². The van der Waals surface area contributed by atoms with Crippen LogP contribution in [0.2, 0.25) is 0 Å². The fourth-order valence-corrected chi connectivity index (χ4v) is 2.45. The molecule has 0 amide bonds. The number of anilines is 1. The van der Waals surface area contributed by atoms with E-state index in [0.717, 1.165) is 18.7 Å². The summed E-state index contributed by atoms with van der Waals surface area (Å²) >= 11 is 1.29. The molecular formula is C14H16N2O3S. The molecule has 0 aliphatic heterocycles. The fraction of sp³-hybridized carbons (Fsp3) is 0.286. The number of nitrogens with one attached hydrogen (secondary N) is 1. The van der Waals surface area contributed by atoms with Crippen molar-refractivity contribution in [3.05, 3.63) is 40.9 Å². The van der Waals surface area contributed by atoms with Gasteiger partial charge >= 0.3 is 5.97 Å². The Balaban J connectivity index is 1.86. The van der Waals surface area contributed by atoms with Gasteiger partial charge in [0.05, 0.1) is 20.4 Å². The van der Waals surface area contributed by atoms with Crippen LogP contribution in [0.4, 0.5) is 5.13 Å². The van der Waals surface area contributed by atoms with Crippen molar-refractivity contribution in [1.82, 2.24) is 4.98 Å². The lowest BCUT2D eigenvalue weighted by atomic mass is 10.1. The number of carbonyl (C=O) groups is 1. The first kappa shape index (κ1) is 14.3. The van der Waals surface area contributed by atoms with Crippen molar-refractivity contribution in [2.75, 3.05) is 26.1 Å². The lowest BCUT2D eigenvalue weighted by molar-refractivity contribution is 0.0606. The zero-order chi connectivity index (χ0) is 14.4. The Morgan fingerprint density at radius 3 is 3.00 bits per heavy atom. The topological polar surface area (TPSA) is 60.5 Å². The van der Waals surface area contributed by atoms with Gasteiger partial charge in [0, 0.05) is 6.54 Å². The highest BCUT2D eigenvalue weighted by Gasteiger charge is 2.09. The van der Waals surface area contributed by atoms with Crippen molar-refractivity contribution in [3.63, 3.8) is 0 Å². The predicted molar refractivity (Wildman–Crippen MR) is 78.6 cm³/mol. The van der Waals surface area contributed by atoms with E-state index in [9.17, 15) is 4.79 Å². The number of benzene rings is 1. The van der Waals surface area contributed by atoms with Crippen molar-refractivity contribution >= 4 is 22.4 Å². The van der Waals surface area contributed by atoms with Crippen molar-refractivity contribution in [2.24, 2.45) is 0 Å². The number of nitrogens with zero attached hydrogens (tertiary/aromatic N) is 1. The highest BCUT2D eigenvalue weighted by atomic mass is 32.1. The quantitative estimate of drug-likeness (QED) is 0.829. The van der Waals surface area contributed by atoms with Crippen LogP contribution in [0.5, 0.6) is 5.75 Å². The zero-order valence-corrected chi connectivity index (χ0v) is 12.2. The second-order valence-electron chi connectivity index (χ2n) is 4.05. The third kappa shape index (κ3) is 3.71. The lowest BCUT2D eigenvalue weighted by Crippen LogP contribution is -2.04. The summed E-state index contributed by atoms with van der Waals surface area (Å²) in [5.41, 5.74) is 1.18. The number of aromatic nitrogens is 1. The summed E-state index contributed by atoms with van der Waals surface area (Å²) in [4.78, 5) is 15.9. The minimum atomic E-state index is -0.358. The first-order valence-corrected chi connectivity index (χ1v) is 6.95. The maximum Gasteiger partial charge on any atom is 0.349 e. The number of thiazole rings is 1. The monoisotopic (exact) mass is 292 g/mol. The summed E-state index contributed by atoms with van der Waals surface area (Å²) in [6, 6.07) is 7.93. The molecule has 0 fully saturated rings. The van der Waals surface area contributed by atoms with Crippen LogP contribution in [0.3, 0.4) is 0 Å². The SMILES string of the molecule is COC(=O)c1cnc(NCCc2cccc(OC)c2)s1. The van der Waals surface area contributed by atoms with Gasteiger partial charge in [0.15, 0.2) is 5.13 Å². The number of esters is 1. The van der Waals surface area contributed by atoms with Crippen LogP contribution in [0, 0.1) is 0 Å². The van der Waals surface area contributed by atoms with E-state index in [1.165, 1.54) is 30.2 Å². The summed E-state index contributed by atoms with van der Waals surface area (Å²) in [7, 11) is 3.01. The van der Waals surface area contributed by atoms with Crippen molar-refractivity contribution < 1.29 is 14.3 Å². The van der Waals surface area contributed by atoms with E-state index < -0.39 is 0 Å². The number of hydrogen-bond acceptors (Lipinski definition) is 6. The maximum atomic E-state index is 11.3. The number of rotatable bonds is 6. The summed E-state index contributed by atoms with van der Waals surface area (Å²) in [6.45, 7) is 0.737. The summed E-state index contributed by atoms with van der Waals surface area (Å²) in [6.07, 6.45) is 2.37. The Bertz CT molecular complexity index is 583. The molecule has 1 aromatic carbocycles. The van der Waals surface area contributed by atoms with E-state index in [1.807, 2.05) is 24.3 Å². The summed E-state index contributed by atoms with van der Waals surface area (Å²) < 4.78 is 9.82. The molecule has 0 saturated carbocycles. The van der Waals surface area contributed by atoms with Crippen LogP contribution in [-0.4, -0.2) is 31.7 Å². The van der Waals surface area contributed by atoms with Crippen LogP contribution < -0.4 is 10.1 Å². The molecule has 2 aromatic rings. The van der Waals surface area contributed by atoms with E-state index in [4.69, 9.17) is 4.74 Å². The molecule has 0 atom stereocenters. The number of ether oxygens (including phenoxy) is 2. The third-order valence-electron chi connectivity index (χ3n) is 2.72. The average Bonchev–Trinajstić information content (AvgIpc) is 2.95. The van der Waals surface area contributed by atoms with Gasteiger partial charge in [0.1, 0.15) is 10.6 Å². The van der Waals surface area contributed by atoms with E-state index in [-0.39, 0.29) is 5.97 Å². The van der Waals surface area contributed by atoms with Crippen LogP contribution in [0.1, 0.15) is 15.2 Å². The number of hydrogen-bond donors (Lipinski definition) is 1. The molecule has 0 spiro atoms. The van der Waals surface area contributed by atoms with E-state index in [1.54, 1.807) is 7.11 Å². The molecule has 0 radical (unpaired) electrons. The molecule has 0 aliphatic carbocycles. The van der Waals surface area contributed by atoms with E-state index >= 15 is 0 Å². The molecule has 5 nitrogen and oxygen atoms in total. The molecule has 1 aromatic heterocycles. The number of methoxy groups -OCH3 is 2.